The molecule has 15 nitrogen and oxygen atoms in total. The molecule has 33 heavy (non-hydrogen) atoms. The fourth-order valence-electron chi connectivity index (χ4n) is 2.64. The molecule has 10 N–H and O–H groups in total. The monoisotopic (exact) mass is 489 g/mol. The lowest BCUT2D eigenvalue weighted by atomic mass is 10.1. The van der Waals surface area contributed by atoms with Gasteiger partial charge in [-0.1, -0.05) is 0 Å². The second-order valence-corrected chi connectivity index (χ2v) is 7.95. The van der Waals surface area contributed by atoms with E-state index in [4.69, 9.17) is 16.6 Å². The Hall–Kier alpha value is -3.56. The molecule has 1 aliphatic heterocycles. The van der Waals surface area contributed by atoms with E-state index in [-0.39, 0.29) is 30.4 Å². The third-order valence-electron chi connectivity index (χ3n) is 4.18. The summed E-state index contributed by atoms with van der Waals surface area (Å²) in [5.74, 6) is -6.55. The van der Waals surface area contributed by atoms with Gasteiger partial charge in [0.15, 0.2) is 5.96 Å². The number of carbonyl (C=O) groups excluding carboxylic acids is 4. The molecular formula is C17H27N7O8S. The summed E-state index contributed by atoms with van der Waals surface area (Å²) in [4.78, 5) is 75.6. The highest BCUT2D eigenvalue weighted by Gasteiger charge is 2.29. The first-order chi connectivity index (χ1) is 15.5. The molecular weight excluding hydrogens is 462 g/mol. The summed E-state index contributed by atoms with van der Waals surface area (Å²) in [6.45, 7) is -0.415. The highest BCUT2D eigenvalue weighted by molar-refractivity contribution is 8.00. The second-order valence-electron chi connectivity index (χ2n) is 6.92. The van der Waals surface area contributed by atoms with E-state index in [1.54, 1.807) is 0 Å². The summed E-state index contributed by atoms with van der Waals surface area (Å²) in [6, 6.07) is -4.04. The Balaban J connectivity index is 3.01. The number of guanidine groups is 1. The average molecular weight is 490 g/mol. The summed E-state index contributed by atoms with van der Waals surface area (Å²) in [6.07, 6.45) is -0.339. The van der Waals surface area contributed by atoms with E-state index in [2.05, 4.69) is 26.3 Å². The third-order valence-corrected chi connectivity index (χ3v) is 5.22. The van der Waals surface area contributed by atoms with E-state index < -0.39 is 66.7 Å². The maximum Gasteiger partial charge on any atom is 0.327 e. The zero-order chi connectivity index (χ0) is 25.0. The molecule has 0 aromatic heterocycles. The highest BCUT2D eigenvalue weighted by Crippen LogP contribution is 2.07. The number of hydrogen-bond acceptors (Lipinski definition) is 8. The number of thioether (sulfide) groups is 1. The number of aliphatic imine (C=N–C) groups is 1. The molecule has 0 unspecified atom stereocenters. The molecule has 1 heterocycles. The van der Waals surface area contributed by atoms with E-state index in [1.165, 1.54) is 0 Å². The van der Waals surface area contributed by atoms with E-state index in [1.807, 2.05) is 0 Å². The Kier molecular flexibility index (Phi) is 11.5. The molecule has 184 valence electrons. The van der Waals surface area contributed by atoms with Crippen molar-refractivity contribution in [2.24, 2.45) is 16.5 Å². The Morgan fingerprint density at radius 1 is 1.00 bits per heavy atom. The number of aliphatic carboxylic acids is 2. The maximum atomic E-state index is 12.5. The maximum absolute atomic E-state index is 12.5. The summed E-state index contributed by atoms with van der Waals surface area (Å²) < 4.78 is 0. The van der Waals surface area contributed by atoms with Crippen LogP contribution in [0.3, 0.4) is 0 Å². The predicted octanol–water partition coefficient (Wildman–Crippen LogP) is -4.08. The zero-order valence-corrected chi connectivity index (χ0v) is 18.4. The highest BCUT2D eigenvalue weighted by atomic mass is 32.2. The molecule has 3 atom stereocenters. The van der Waals surface area contributed by atoms with Gasteiger partial charge in [-0.25, -0.2) is 4.79 Å². The molecule has 1 fully saturated rings. The number of carbonyl (C=O) groups is 6. The second kappa shape index (κ2) is 13.8. The van der Waals surface area contributed by atoms with Gasteiger partial charge in [0.05, 0.1) is 18.7 Å². The van der Waals surface area contributed by atoms with Crippen molar-refractivity contribution in [3.63, 3.8) is 0 Å². The van der Waals surface area contributed by atoms with E-state index in [0.717, 1.165) is 11.8 Å². The minimum atomic E-state index is -1.57. The smallest absolute Gasteiger partial charge is 0.327 e. The van der Waals surface area contributed by atoms with Crippen molar-refractivity contribution in [2.75, 3.05) is 24.6 Å². The van der Waals surface area contributed by atoms with Crippen molar-refractivity contribution < 1.29 is 39.0 Å². The number of nitrogens with zero attached hydrogens (tertiary/aromatic N) is 1. The van der Waals surface area contributed by atoms with Crippen molar-refractivity contribution in [3.8, 4) is 0 Å². The van der Waals surface area contributed by atoms with E-state index in [9.17, 15) is 33.9 Å². The topological polar surface area (TPSA) is 255 Å². The van der Waals surface area contributed by atoms with Crippen LogP contribution in [0.15, 0.2) is 4.99 Å². The van der Waals surface area contributed by atoms with Crippen LogP contribution >= 0.6 is 11.8 Å². The van der Waals surface area contributed by atoms with Crippen molar-refractivity contribution >= 4 is 53.3 Å². The molecule has 0 spiro atoms. The van der Waals surface area contributed by atoms with Crippen LogP contribution in [0, 0.1) is 0 Å². The van der Waals surface area contributed by atoms with Gasteiger partial charge in [0.1, 0.15) is 18.1 Å². The minimum absolute atomic E-state index is 0.134. The fraction of sp³-hybridized carbons (Fsp3) is 0.588. The first-order valence-electron chi connectivity index (χ1n) is 9.74. The normalized spacial score (nSPS) is 23.0. The van der Waals surface area contributed by atoms with Crippen LogP contribution in [0.2, 0.25) is 0 Å². The number of rotatable bonds is 7. The Morgan fingerprint density at radius 3 is 2.27 bits per heavy atom. The average Bonchev–Trinajstić information content (AvgIpc) is 2.71. The molecule has 1 rings (SSSR count). The summed E-state index contributed by atoms with van der Waals surface area (Å²) in [7, 11) is 0. The lowest BCUT2D eigenvalue weighted by Gasteiger charge is -2.20. The lowest BCUT2D eigenvalue weighted by molar-refractivity contribution is -0.143. The van der Waals surface area contributed by atoms with E-state index >= 15 is 0 Å². The number of hydrogen-bond donors (Lipinski definition) is 8. The number of amides is 4. The van der Waals surface area contributed by atoms with Gasteiger partial charge in [-0.3, -0.25) is 29.0 Å². The molecule has 0 aromatic rings. The van der Waals surface area contributed by atoms with Gasteiger partial charge in [-0.05, 0) is 12.8 Å². The minimum Gasteiger partial charge on any atom is -0.481 e. The number of nitrogens with one attached hydrogen (secondary N) is 4. The lowest BCUT2D eigenvalue weighted by Crippen LogP contribution is -2.54. The first kappa shape index (κ1) is 27.5. The van der Waals surface area contributed by atoms with Crippen molar-refractivity contribution in [3.05, 3.63) is 0 Å². The SMILES string of the molecule is NC(N)=NCCC[C@@H]1NC(=O)CSC[C@@H](C(=O)O)NC(=O)[C@H](CC(=O)O)NC(=O)CNC1=O. The first-order valence-corrected chi connectivity index (χ1v) is 10.9. The van der Waals surface area contributed by atoms with Crippen molar-refractivity contribution in [1.29, 1.82) is 0 Å². The van der Waals surface area contributed by atoms with Crippen molar-refractivity contribution in [1.82, 2.24) is 21.3 Å². The largest absolute Gasteiger partial charge is 0.481 e. The molecule has 1 aliphatic rings. The predicted molar refractivity (Wildman–Crippen MR) is 116 cm³/mol. The standard InChI is InChI=1S/C17H27N7O8S/c18-17(19)20-3-1-2-8-14(29)21-5-11(25)23-9(4-13(27)28)15(30)24-10(16(31)32)6-33-7-12(26)22-8/h8-10H,1-7H2,(H,21,29)(H,22,26)(H,23,25)(H,24,30)(H,27,28)(H,31,32)(H4,18,19,20)/t8-,9-,10-/m0/s1. The van der Waals surface area contributed by atoms with Gasteiger partial charge in [0, 0.05) is 12.3 Å². The van der Waals surface area contributed by atoms with Crippen LogP contribution in [0.25, 0.3) is 0 Å². The Morgan fingerprint density at radius 2 is 1.67 bits per heavy atom. The third kappa shape index (κ3) is 11.0. The van der Waals surface area contributed by atoms with Crippen LogP contribution < -0.4 is 32.7 Å². The van der Waals surface area contributed by atoms with Crippen LogP contribution in [0.4, 0.5) is 0 Å². The molecule has 0 aliphatic carbocycles. The summed E-state index contributed by atoms with van der Waals surface area (Å²) in [5, 5.41) is 27.4. The van der Waals surface area contributed by atoms with Gasteiger partial charge in [0.25, 0.3) is 0 Å². The molecule has 16 heteroatoms. The van der Waals surface area contributed by atoms with Gasteiger partial charge in [-0.2, -0.15) is 0 Å². The molecule has 0 aromatic carbocycles. The Bertz CT molecular complexity index is 802. The van der Waals surface area contributed by atoms with E-state index in [0.29, 0.717) is 6.42 Å². The van der Waals surface area contributed by atoms with Crippen LogP contribution in [0.1, 0.15) is 19.3 Å². The molecule has 4 amide bonds. The zero-order valence-electron chi connectivity index (χ0n) is 17.5. The molecule has 0 bridgehead atoms. The number of carboxylic acid groups (broad SMARTS) is 2. The molecule has 1 saturated heterocycles. The van der Waals surface area contributed by atoms with Crippen LogP contribution in [0.5, 0.6) is 0 Å². The van der Waals surface area contributed by atoms with Gasteiger partial charge in [0.2, 0.25) is 23.6 Å². The molecule has 0 saturated carbocycles. The summed E-state index contributed by atoms with van der Waals surface area (Å²) >= 11 is 0.885. The summed E-state index contributed by atoms with van der Waals surface area (Å²) in [5.41, 5.74) is 10.5. The van der Waals surface area contributed by atoms with Crippen LogP contribution in [-0.2, 0) is 28.8 Å². The number of carboxylic acids is 2. The van der Waals surface area contributed by atoms with Gasteiger partial charge < -0.3 is 42.9 Å². The number of nitrogens with two attached hydrogens (primary N) is 2. The molecule has 0 radical (unpaired) electrons. The van der Waals surface area contributed by atoms with Gasteiger partial charge >= 0.3 is 11.9 Å². The van der Waals surface area contributed by atoms with Gasteiger partial charge in [-0.15, -0.1) is 11.8 Å². The van der Waals surface area contributed by atoms with Crippen molar-refractivity contribution in [2.45, 2.75) is 37.4 Å². The quantitative estimate of drug-likeness (QED) is 0.0968. The Labute approximate surface area is 192 Å². The van der Waals surface area contributed by atoms with Crippen LogP contribution in [-0.4, -0.2) is 94.5 Å². The fourth-order valence-corrected chi connectivity index (χ4v) is 3.49.